The summed E-state index contributed by atoms with van der Waals surface area (Å²) in [5.41, 5.74) is 1.21. The van der Waals surface area contributed by atoms with Gasteiger partial charge in [-0.15, -0.1) is 11.3 Å². The predicted molar refractivity (Wildman–Crippen MR) is 64.8 cm³/mol. The molecule has 4 heteroatoms. The van der Waals surface area contributed by atoms with Gasteiger partial charge >= 0.3 is 0 Å². The lowest BCUT2D eigenvalue weighted by atomic mass is 10.00. The van der Waals surface area contributed by atoms with E-state index in [1.807, 2.05) is 11.3 Å². The number of nitrogens with one attached hydrogen (secondary N) is 1. The molecule has 3 rings (SSSR count). The van der Waals surface area contributed by atoms with Gasteiger partial charge in [0.15, 0.2) is 0 Å². The van der Waals surface area contributed by atoms with Gasteiger partial charge in [0.05, 0.1) is 10.7 Å². The molecule has 3 heterocycles. The van der Waals surface area contributed by atoms with E-state index in [1.165, 1.54) is 22.0 Å². The summed E-state index contributed by atoms with van der Waals surface area (Å²) in [4.78, 5) is 6.14. The Morgan fingerprint density at radius 3 is 3.00 bits per heavy atom. The standard InChI is InChI=1S/C12H18N2OS/c1-8-12(10-3-2-4-15-10)14-11(16-8)5-9-6-13-7-9/h9-10,13H,2-7H2,1H3. The van der Waals surface area contributed by atoms with Gasteiger partial charge in [0.2, 0.25) is 0 Å². The van der Waals surface area contributed by atoms with E-state index >= 15 is 0 Å². The van der Waals surface area contributed by atoms with Gasteiger partial charge in [0, 0.05) is 17.9 Å². The van der Waals surface area contributed by atoms with Crippen molar-refractivity contribution in [3.05, 3.63) is 15.6 Å². The molecular formula is C12H18N2OS. The largest absolute Gasteiger partial charge is 0.372 e. The van der Waals surface area contributed by atoms with Crippen molar-refractivity contribution in [2.24, 2.45) is 5.92 Å². The SMILES string of the molecule is Cc1sc(CC2CNC2)nc1C1CCCO1. The quantitative estimate of drug-likeness (QED) is 0.875. The first-order valence-electron chi connectivity index (χ1n) is 6.11. The molecule has 0 aromatic carbocycles. The summed E-state index contributed by atoms with van der Waals surface area (Å²) in [6, 6.07) is 0. The number of aromatic nitrogens is 1. The summed E-state index contributed by atoms with van der Waals surface area (Å²) < 4.78 is 5.71. The number of aryl methyl sites for hydroxylation is 1. The molecule has 1 N–H and O–H groups in total. The normalized spacial score (nSPS) is 25.9. The van der Waals surface area contributed by atoms with Crippen molar-refractivity contribution in [2.75, 3.05) is 19.7 Å². The lowest BCUT2D eigenvalue weighted by Crippen LogP contribution is -2.43. The van der Waals surface area contributed by atoms with Gasteiger partial charge in [-0.05, 0) is 38.8 Å². The molecule has 2 saturated heterocycles. The second-order valence-corrected chi connectivity index (χ2v) is 6.07. The van der Waals surface area contributed by atoms with Crippen LogP contribution in [0.25, 0.3) is 0 Å². The van der Waals surface area contributed by atoms with Crippen molar-refractivity contribution >= 4 is 11.3 Å². The van der Waals surface area contributed by atoms with Gasteiger partial charge in [-0.25, -0.2) is 4.98 Å². The van der Waals surface area contributed by atoms with Gasteiger partial charge in [0.1, 0.15) is 6.10 Å². The maximum absolute atomic E-state index is 5.71. The van der Waals surface area contributed by atoms with Crippen LogP contribution in [0.2, 0.25) is 0 Å². The van der Waals surface area contributed by atoms with Crippen LogP contribution in [-0.2, 0) is 11.2 Å². The average molecular weight is 238 g/mol. The van der Waals surface area contributed by atoms with Gasteiger partial charge < -0.3 is 10.1 Å². The van der Waals surface area contributed by atoms with E-state index in [2.05, 4.69) is 12.2 Å². The Labute approximate surface area is 100 Å². The third kappa shape index (κ3) is 2.01. The Morgan fingerprint density at radius 2 is 2.38 bits per heavy atom. The Hall–Kier alpha value is -0.450. The predicted octanol–water partition coefficient (Wildman–Crippen LogP) is 2.06. The molecule has 0 amide bonds. The van der Waals surface area contributed by atoms with Gasteiger partial charge in [-0.3, -0.25) is 0 Å². The summed E-state index contributed by atoms with van der Waals surface area (Å²) in [7, 11) is 0. The molecule has 2 fully saturated rings. The fraction of sp³-hybridized carbons (Fsp3) is 0.750. The third-order valence-electron chi connectivity index (χ3n) is 3.44. The highest BCUT2D eigenvalue weighted by atomic mass is 32.1. The van der Waals surface area contributed by atoms with Crippen LogP contribution in [-0.4, -0.2) is 24.7 Å². The molecule has 1 unspecified atom stereocenters. The zero-order chi connectivity index (χ0) is 11.0. The van der Waals surface area contributed by atoms with Crippen LogP contribution in [0.5, 0.6) is 0 Å². The molecule has 1 atom stereocenters. The molecule has 0 saturated carbocycles. The summed E-state index contributed by atoms with van der Waals surface area (Å²) in [5, 5.41) is 4.61. The van der Waals surface area contributed by atoms with Crippen molar-refractivity contribution in [2.45, 2.75) is 32.3 Å². The van der Waals surface area contributed by atoms with E-state index in [0.29, 0.717) is 0 Å². The molecule has 16 heavy (non-hydrogen) atoms. The summed E-state index contributed by atoms with van der Waals surface area (Å²) in [5.74, 6) is 0.808. The van der Waals surface area contributed by atoms with Gasteiger partial charge in [-0.1, -0.05) is 0 Å². The van der Waals surface area contributed by atoms with Crippen molar-refractivity contribution in [3.8, 4) is 0 Å². The maximum Gasteiger partial charge on any atom is 0.101 e. The second-order valence-electron chi connectivity index (χ2n) is 4.78. The number of rotatable bonds is 3. The van der Waals surface area contributed by atoms with E-state index in [-0.39, 0.29) is 6.10 Å². The van der Waals surface area contributed by atoms with Crippen LogP contribution < -0.4 is 5.32 Å². The van der Waals surface area contributed by atoms with Crippen LogP contribution in [0.15, 0.2) is 0 Å². The Balaban J connectivity index is 1.72. The number of thiazole rings is 1. The minimum Gasteiger partial charge on any atom is -0.372 e. The minimum atomic E-state index is 0.282. The van der Waals surface area contributed by atoms with E-state index in [9.17, 15) is 0 Å². The molecule has 3 nitrogen and oxygen atoms in total. The Kier molecular flexibility index (Phi) is 2.96. The van der Waals surface area contributed by atoms with Crippen LogP contribution in [0, 0.1) is 12.8 Å². The topological polar surface area (TPSA) is 34.2 Å². The summed E-state index contributed by atoms with van der Waals surface area (Å²) in [6.07, 6.45) is 3.76. The highest BCUT2D eigenvalue weighted by molar-refractivity contribution is 7.11. The molecule has 0 bridgehead atoms. The first-order chi connectivity index (χ1) is 7.83. The molecule has 0 radical (unpaired) electrons. The van der Waals surface area contributed by atoms with E-state index in [4.69, 9.17) is 9.72 Å². The minimum absolute atomic E-state index is 0.282. The first-order valence-corrected chi connectivity index (χ1v) is 6.93. The fourth-order valence-corrected chi connectivity index (χ4v) is 3.48. The van der Waals surface area contributed by atoms with E-state index in [1.54, 1.807) is 0 Å². The van der Waals surface area contributed by atoms with Crippen molar-refractivity contribution in [3.63, 3.8) is 0 Å². The third-order valence-corrected chi connectivity index (χ3v) is 4.45. The van der Waals surface area contributed by atoms with Crippen molar-refractivity contribution in [1.29, 1.82) is 0 Å². The van der Waals surface area contributed by atoms with Gasteiger partial charge in [0.25, 0.3) is 0 Å². The van der Waals surface area contributed by atoms with E-state index < -0.39 is 0 Å². The molecular weight excluding hydrogens is 220 g/mol. The van der Waals surface area contributed by atoms with Crippen LogP contribution >= 0.6 is 11.3 Å². The molecule has 88 valence electrons. The Morgan fingerprint density at radius 1 is 1.50 bits per heavy atom. The second kappa shape index (κ2) is 4.43. The number of hydrogen-bond acceptors (Lipinski definition) is 4. The highest BCUT2D eigenvalue weighted by Crippen LogP contribution is 2.33. The molecule has 0 aliphatic carbocycles. The highest BCUT2D eigenvalue weighted by Gasteiger charge is 2.25. The molecule has 2 aliphatic heterocycles. The lowest BCUT2D eigenvalue weighted by molar-refractivity contribution is 0.108. The van der Waals surface area contributed by atoms with Crippen LogP contribution in [0.4, 0.5) is 0 Å². The lowest BCUT2D eigenvalue weighted by Gasteiger charge is -2.25. The number of nitrogens with zero attached hydrogens (tertiary/aromatic N) is 1. The van der Waals surface area contributed by atoms with Crippen molar-refractivity contribution in [1.82, 2.24) is 10.3 Å². The zero-order valence-electron chi connectivity index (χ0n) is 9.66. The maximum atomic E-state index is 5.71. The molecule has 0 spiro atoms. The number of hydrogen-bond donors (Lipinski definition) is 1. The first kappa shape index (κ1) is 10.7. The van der Waals surface area contributed by atoms with Crippen LogP contribution in [0.1, 0.15) is 34.5 Å². The average Bonchev–Trinajstić information content (AvgIpc) is 2.80. The zero-order valence-corrected chi connectivity index (χ0v) is 10.5. The number of ether oxygens (including phenoxy) is 1. The van der Waals surface area contributed by atoms with Gasteiger partial charge in [-0.2, -0.15) is 0 Å². The Bertz CT molecular complexity index is 367. The molecule has 1 aromatic heterocycles. The smallest absolute Gasteiger partial charge is 0.101 e. The fourth-order valence-electron chi connectivity index (χ4n) is 2.38. The van der Waals surface area contributed by atoms with E-state index in [0.717, 1.165) is 38.5 Å². The molecule has 1 aromatic rings. The molecule has 2 aliphatic rings. The summed E-state index contributed by atoms with van der Waals surface area (Å²) in [6.45, 7) is 5.41. The van der Waals surface area contributed by atoms with Crippen molar-refractivity contribution < 1.29 is 4.74 Å². The monoisotopic (exact) mass is 238 g/mol. The van der Waals surface area contributed by atoms with Crippen LogP contribution in [0.3, 0.4) is 0 Å². The summed E-state index contributed by atoms with van der Waals surface area (Å²) >= 11 is 1.86.